The van der Waals surface area contributed by atoms with Crippen LogP contribution >= 0.6 is 24.2 Å². The molecule has 1 heterocycles. The van der Waals surface area contributed by atoms with Gasteiger partial charge < -0.3 is 14.9 Å². The van der Waals surface area contributed by atoms with Crippen LogP contribution in [0.15, 0.2) is 4.52 Å². The first-order valence-corrected chi connectivity index (χ1v) is 6.72. The van der Waals surface area contributed by atoms with Gasteiger partial charge in [0.2, 0.25) is 0 Å². The number of nitrogens with one attached hydrogen (secondary N) is 1. The van der Waals surface area contributed by atoms with E-state index in [4.69, 9.17) is 9.63 Å². The van der Waals surface area contributed by atoms with Crippen LogP contribution in [0.1, 0.15) is 23.4 Å². The van der Waals surface area contributed by atoms with Gasteiger partial charge in [0, 0.05) is 31.0 Å². The lowest BCUT2D eigenvalue weighted by molar-refractivity contribution is 0.296. The molecule has 4 nitrogen and oxygen atoms in total. The molecule has 0 saturated carbocycles. The van der Waals surface area contributed by atoms with Crippen LogP contribution in [0.25, 0.3) is 0 Å². The van der Waals surface area contributed by atoms with E-state index in [1.165, 1.54) is 5.56 Å². The average Bonchev–Trinajstić information content (AvgIpc) is 2.59. The van der Waals surface area contributed by atoms with E-state index in [2.05, 4.69) is 10.5 Å². The van der Waals surface area contributed by atoms with Crippen molar-refractivity contribution in [3.8, 4) is 0 Å². The van der Waals surface area contributed by atoms with E-state index in [0.29, 0.717) is 6.61 Å². The van der Waals surface area contributed by atoms with Crippen molar-refractivity contribution in [2.45, 2.75) is 26.8 Å². The summed E-state index contributed by atoms with van der Waals surface area (Å²) in [5, 5.41) is 15.9. The molecule has 1 rings (SSSR count). The van der Waals surface area contributed by atoms with E-state index in [-0.39, 0.29) is 12.4 Å². The number of aliphatic hydroxyl groups is 1. The molecule has 0 bridgehead atoms. The van der Waals surface area contributed by atoms with E-state index < -0.39 is 0 Å². The maximum Gasteiger partial charge on any atom is 0.138 e. The van der Waals surface area contributed by atoms with Crippen molar-refractivity contribution in [1.29, 1.82) is 0 Å². The Morgan fingerprint density at radius 3 is 2.71 bits per heavy atom. The van der Waals surface area contributed by atoms with Gasteiger partial charge >= 0.3 is 0 Å². The van der Waals surface area contributed by atoms with Gasteiger partial charge in [-0.3, -0.25) is 0 Å². The molecule has 0 aliphatic carbocycles. The number of hydrogen-bond acceptors (Lipinski definition) is 5. The molecule has 0 radical (unpaired) electrons. The zero-order chi connectivity index (χ0) is 11.8. The highest BCUT2D eigenvalue weighted by molar-refractivity contribution is 7.99. The molecule has 0 spiro atoms. The van der Waals surface area contributed by atoms with Gasteiger partial charge in [0.25, 0.3) is 0 Å². The van der Waals surface area contributed by atoms with Gasteiger partial charge in [-0.05, 0) is 26.0 Å². The van der Waals surface area contributed by atoms with Gasteiger partial charge in [0.1, 0.15) is 5.76 Å². The highest BCUT2D eigenvalue weighted by Crippen LogP contribution is 2.11. The van der Waals surface area contributed by atoms with Gasteiger partial charge in [-0.25, -0.2) is 0 Å². The normalized spacial score (nSPS) is 10.3. The Morgan fingerprint density at radius 2 is 2.12 bits per heavy atom. The summed E-state index contributed by atoms with van der Waals surface area (Å²) < 4.78 is 5.08. The number of hydrogen-bond donors (Lipinski definition) is 2. The zero-order valence-corrected chi connectivity index (χ0v) is 12.0. The lowest BCUT2D eigenvalue weighted by atomic mass is 10.2. The molecule has 0 atom stereocenters. The standard InChI is InChI=1S/C11H20N2O2S.ClH/c1-9-11(10(2)15-13-9)8-12-4-7-16-6-3-5-14;/h12,14H,3-8H2,1-2H3;1H. The van der Waals surface area contributed by atoms with Crippen molar-refractivity contribution in [2.75, 3.05) is 24.7 Å². The van der Waals surface area contributed by atoms with Gasteiger partial charge in [0.05, 0.1) is 5.69 Å². The zero-order valence-electron chi connectivity index (χ0n) is 10.4. The summed E-state index contributed by atoms with van der Waals surface area (Å²) in [6, 6.07) is 0. The second-order valence-corrected chi connectivity index (χ2v) is 4.89. The first-order chi connectivity index (χ1) is 7.75. The van der Waals surface area contributed by atoms with E-state index in [0.717, 1.165) is 42.5 Å². The monoisotopic (exact) mass is 280 g/mol. The molecule has 2 N–H and O–H groups in total. The van der Waals surface area contributed by atoms with E-state index in [9.17, 15) is 0 Å². The third-order valence-corrected chi connectivity index (χ3v) is 3.42. The first-order valence-electron chi connectivity index (χ1n) is 5.56. The molecule has 0 aliphatic heterocycles. The van der Waals surface area contributed by atoms with E-state index in [1.807, 2.05) is 25.6 Å². The smallest absolute Gasteiger partial charge is 0.138 e. The SMILES string of the molecule is Cc1noc(C)c1CNCCSCCCO.Cl. The molecule has 0 aromatic carbocycles. The van der Waals surface area contributed by atoms with E-state index in [1.54, 1.807) is 0 Å². The van der Waals surface area contributed by atoms with Gasteiger partial charge in [-0.1, -0.05) is 5.16 Å². The molecular formula is C11H21ClN2O2S. The lowest BCUT2D eigenvalue weighted by Crippen LogP contribution is -2.17. The lowest BCUT2D eigenvalue weighted by Gasteiger charge is -2.04. The quantitative estimate of drug-likeness (QED) is 0.713. The Hall–Kier alpha value is -0.230. The van der Waals surface area contributed by atoms with Crippen molar-refractivity contribution in [1.82, 2.24) is 10.5 Å². The van der Waals surface area contributed by atoms with Crippen molar-refractivity contribution in [3.05, 3.63) is 17.0 Å². The molecule has 0 saturated heterocycles. The Kier molecular flexibility index (Phi) is 9.63. The first kappa shape index (κ1) is 16.8. The third kappa shape index (κ3) is 6.31. The minimum Gasteiger partial charge on any atom is -0.396 e. The highest BCUT2D eigenvalue weighted by Gasteiger charge is 2.07. The Labute approximate surface area is 113 Å². The summed E-state index contributed by atoms with van der Waals surface area (Å²) >= 11 is 1.86. The van der Waals surface area contributed by atoms with Crippen molar-refractivity contribution < 1.29 is 9.63 Å². The van der Waals surface area contributed by atoms with Crippen LogP contribution < -0.4 is 5.32 Å². The van der Waals surface area contributed by atoms with Crippen molar-refractivity contribution >= 4 is 24.2 Å². The minimum absolute atomic E-state index is 0. The topological polar surface area (TPSA) is 58.3 Å². The number of aryl methyl sites for hydroxylation is 2. The van der Waals surface area contributed by atoms with Crippen LogP contribution in [0.3, 0.4) is 0 Å². The van der Waals surface area contributed by atoms with Crippen molar-refractivity contribution in [3.63, 3.8) is 0 Å². The minimum atomic E-state index is 0. The second-order valence-electron chi connectivity index (χ2n) is 3.67. The molecule has 100 valence electrons. The third-order valence-electron chi connectivity index (χ3n) is 2.35. The maximum atomic E-state index is 8.61. The van der Waals surface area contributed by atoms with Gasteiger partial charge in [-0.15, -0.1) is 12.4 Å². The number of aromatic nitrogens is 1. The molecule has 0 unspecified atom stereocenters. The van der Waals surface area contributed by atoms with Gasteiger partial charge in [0.15, 0.2) is 0 Å². The summed E-state index contributed by atoms with van der Waals surface area (Å²) in [7, 11) is 0. The summed E-state index contributed by atoms with van der Waals surface area (Å²) in [5.41, 5.74) is 2.14. The van der Waals surface area contributed by atoms with Gasteiger partial charge in [-0.2, -0.15) is 11.8 Å². The molecular weight excluding hydrogens is 260 g/mol. The molecule has 0 aliphatic rings. The molecule has 0 fully saturated rings. The molecule has 6 heteroatoms. The van der Waals surface area contributed by atoms with Crippen LogP contribution in [0.4, 0.5) is 0 Å². The molecule has 17 heavy (non-hydrogen) atoms. The largest absolute Gasteiger partial charge is 0.396 e. The Bertz CT molecular complexity index is 288. The predicted octanol–water partition coefficient (Wildman–Crippen LogP) is 1.92. The summed E-state index contributed by atoms with van der Waals surface area (Å²) in [6.45, 7) is 5.98. The fourth-order valence-electron chi connectivity index (χ4n) is 1.38. The molecule has 1 aromatic rings. The van der Waals surface area contributed by atoms with Crippen LogP contribution in [0.5, 0.6) is 0 Å². The molecule has 1 aromatic heterocycles. The Morgan fingerprint density at radius 1 is 1.35 bits per heavy atom. The second kappa shape index (κ2) is 9.76. The van der Waals surface area contributed by atoms with E-state index >= 15 is 0 Å². The Balaban J connectivity index is 0.00000256. The van der Waals surface area contributed by atoms with Crippen LogP contribution in [-0.2, 0) is 6.54 Å². The summed E-state index contributed by atoms with van der Waals surface area (Å²) in [5.74, 6) is 3.00. The highest BCUT2D eigenvalue weighted by atomic mass is 35.5. The predicted molar refractivity (Wildman–Crippen MR) is 74.0 cm³/mol. The number of thioether (sulfide) groups is 1. The van der Waals surface area contributed by atoms with Crippen LogP contribution in [0.2, 0.25) is 0 Å². The number of rotatable bonds is 8. The number of nitrogens with zero attached hydrogens (tertiary/aromatic N) is 1. The fraction of sp³-hybridized carbons (Fsp3) is 0.727. The fourth-order valence-corrected chi connectivity index (χ4v) is 2.21. The maximum absolute atomic E-state index is 8.61. The molecule has 0 amide bonds. The van der Waals surface area contributed by atoms with Crippen LogP contribution in [0, 0.1) is 13.8 Å². The summed E-state index contributed by atoms with van der Waals surface area (Å²) in [4.78, 5) is 0. The van der Waals surface area contributed by atoms with Crippen molar-refractivity contribution in [2.24, 2.45) is 0 Å². The van der Waals surface area contributed by atoms with Crippen LogP contribution in [-0.4, -0.2) is 34.9 Å². The average molecular weight is 281 g/mol. The number of aliphatic hydroxyl groups excluding tert-OH is 1. The number of halogens is 1. The summed E-state index contributed by atoms with van der Waals surface area (Å²) in [6.07, 6.45) is 0.883.